The van der Waals surface area contributed by atoms with Gasteiger partial charge in [-0.3, -0.25) is 4.57 Å². The highest BCUT2D eigenvalue weighted by Gasteiger charge is 2.22. The quantitative estimate of drug-likeness (QED) is 0.137. The zero-order chi connectivity index (χ0) is 61.8. The van der Waals surface area contributed by atoms with Crippen LogP contribution in [0.3, 0.4) is 0 Å². The average Bonchev–Trinajstić information content (AvgIpc) is 1.60. The monoisotopic (exact) mass is 1200 g/mol. The Morgan fingerprint density at radius 3 is 0.979 bits per heavy atom. The van der Waals surface area contributed by atoms with E-state index in [1.165, 1.54) is 65.5 Å². The molecule has 0 saturated carbocycles. The number of nitrogens with zero attached hydrogens (tertiary/aromatic N) is 6. The van der Waals surface area contributed by atoms with Gasteiger partial charge in [0, 0.05) is 71.3 Å². The number of para-hydroxylation sites is 6. The topological polar surface area (TPSA) is 45.5 Å². The van der Waals surface area contributed by atoms with Crippen LogP contribution in [-0.2, 0) is 0 Å². The van der Waals surface area contributed by atoms with Gasteiger partial charge in [-0.25, -0.2) is 9.97 Å². The smallest absolute Gasteiger partial charge is 0.235 e. The zero-order valence-electron chi connectivity index (χ0n) is 51.0. The Kier molecular flexibility index (Phi) is 12.2. The first-order chi connectivity index (χ1) is 46.6. The van der Waals surface area contributed by atoms with E-state index in [0.717, 1.165) is 106 Å². The molecule has 0 aliphatic heterocycles. The van der Waals surface area contributed by atoms with Crippen molar-refractivity contribution in [2.45, 2.75) is 0 Å². The molecule has 0 aliphatic carbocycles. The van der Waals surface area contributed by atoms with Crippen molar-refractivity contribution >= 4 is 87.2 Å². The second-order valence-corrected chi connectivity index (χ2v) is 24.5. The molecule has 0 radical (unpaired) electrons. The van der Waals surface area contributed by atoms with Crippen molar-refractivity contribution in [2.24, 2.45) is 0 Å². The lowest BCUT2D eigenvalue weighted by Crippen LogP contribution is -2.04. The molecule has 19 aromatic rings. The molecule has 5 heterocycles. The summed E-state index contributed by atoms with van der Waals surface area (Å²) in [6.45, 7) is 0. The molecule has 14 aromatic carbocycles. The molecule has 438 valence electrons. The van der Waals surface area contributed by atoms with Crippen molar-refractivity contribution < 1.29 is 0 Å². The van der Waals surface area contributed by atoms with Gasteiger partial charge in [0.1, 0.15) is 0 Å². The fraction of sp³-hybridized carbons (Fsp3) is 0. The minimum absolute atomic E-state index is 0.587. The maximum atomic E-state index is 5.71. The highest BCUT2D eigenvalue weighted by Crippen LogP contribution is 2.42. The Hall–Kier alpha value is -12.6. The molecule has 94 heavy (non-hydrogen) atoms. The molecule has 0 unspecified atom stereocenters. The van der Waals surface area contributed by atoms with E-state index in [4.69, 9.17) is 9.97 Å². The number of rotatable bonds is 10. The molecule has 0 aliphatic rings. The SMILES string of the molecule is c1ccc(-c2cccc(-c3cccc(-c4cc(-c5cccc(-n6c7ccccc7c7ccc(-c8ccc9c(c8)c8ccccc8n9-c8ccccc8)cc76)c5)nc(-n5c6ccccc6c6ccc(-c7ccc8c(c7)c7ccccc7n8-c7ccccc7)cc65)n4)c3)c2)cc1. The number of aromatic nitrogens is 6. The minimum Gasteiger partial charge on any atom is -0.309 e. The summed E-state index contributed by atoms with van der Waals surface area (Å²) in [6, 6.07) is 123. The summed E-state index contributed by atoms with van der Waals surface area (Å²) in [5.41, 5.74) is 25.1. The van der Waals surface area contributed by atoms with E-state index in [2.05, 4.69) is 358 Å². The molecule has 6 nitrogen and oxygen atoms in total. The van der Waals surface area contributed by atoms with Crippen LogP contribution in [0.15, 0.2) is 340 Å². The lowest BCUT2D eigenvalue weighted by molar-refractivity contribution is 0.995. The first-order valence-electron chi connectivity index (χ1n) is 32.1. The van der Waals surface area contributed by atoms with E-state index in [1.807, 2.05) is 0 Å². The summed E-state index contributed by atoms with van der Waals surface area (Å²) >= 11 is 0. The van der Waals surface area contributed by atoms with Gasteiger partial charge in [-0.15, -0.1) is 0 Å². The van der Waals surface area contributed by atoms with Crippen LogP contribution in [0.4, 0.5) is 0 Å². The number of hydrogen-bond donors (Lipinski definition) is 0. The third-order valence-electron chi connectivity index (χ3n) is 19.2. The molecule has 6 heteroatoms. The van der Waals surface area contributed by atoms with Crippen LogP contribution in [0.1, 0.15) is 0 Å². The standard InChI is InChI=1S/C88H56N6/c1-4-21-57(22-5-1)58-23-18-24-59(49-58)60-25-19-26-65(50-60)78-56-79(90-88(89-78)94-83-40-17-11-34-71(83)75-46-42-64(55-87(75)94)62-44-48-85-77(53-62)73-36-13-16-39-82(73)92(85)68-30-8-3-9-31-68)66-27-20-32-69(51-66)93-80-37-14-10-33-70(80)74-45-41-63(54-86(74)93)61-43-47-84-76(52-61)72-35-12-15-38-81(72)91(84)67-28-6-2-7-29-67/h1-56H. The van der Waals surface area contributed by atoms with E-state index < -0.39 is 0 Å². The van der Waals surface area contributed by atoms with Gasteiger partial charge in [-0.2, -0.15) is 0 Å². The van der Waals surface area contributed by atoms with Crippen molar-refractivity contribution in [1.82, 2.24) is 28.2 Å². The van der Waals surface area contributed by atoms with Gasteiger partial charge in [0.2, 0.25) is 5.95 Å². The summed E-state index contributed by atoms with van der Waals surface area (Å²) in [5, 5.41) is 9.52. The van der Waals surface area contributed by atoms with Crippen LogP contribution in [0.2, 0.25) is 0 Å². The van der Waals surface area contributed by atoms with Gasteiger partial charge in [0.05, 0.1) is 55.5 Å². The molecule has 0 N–H and O–H groups in total. The fourth-order valence-electron chi connectivity index (χ4n) is 14.8. The number of benzene rings is 14. The highest BCUT2D eigenvalue weighted by molar-refractivity contribution is 6.14. The van der Waals surface area contributed by atoms with Gasteiger partial charge < -0.3 is 13.7 Å². The minimum atomic E-state index is 0.587. The normalized spacial score (nSPS) is 11.8. The molecule has 0 fully saturated rings. The van der Waals surface area contributed by atoms with Crippen molar-refractivity contribution in [3.8, 4) is 90.0 Å². The van der Waals surface area contributed by atoms with Crippen LogP contribution in [0, 0.1) is 0 Å². The highest BCUT2D eigenvalue weighted by atomic mass is 15.2. The summed E-state index contributed by atoms with van der Waals surface area (Å²) in [5.74, 6) is 0.587. The predicted molar refractivity (Wildman–Crippen MR) is 392 cm³/mol. The second kappa shape index (κ2) is 21.5. The summed E-state index contributed by atoms with van der Waals surface area (Å²) in [4.78, 5) is 11.4. The molecule has 0 saturated heterocycles. The molecule has 0 spiro atoms. The lowest BCUT2D eigenvalue weighted by atomic mass is 9.97. The molecule has 0 atom stereocenters. The van der Waals surface area contributed by atoms with Crippen molar-refractivity contribution in [3.05, 3.63) is 340 Å². The van der Waals surface area contributed by atoms with Gasteiger partial charge >= 0.3 is 0 Å². The Morgan fingerprint density at radius 2 is 0.468 bits per heavy atom. The fourth-order valence-corrected chi connectivity index (χ4v) is 14.8. The Balaban J connectivity index is 0.784. The van der Waals surface area contributed by atoms with Crippen molar-refractivity contribution in [2.75, 3.05) is 0 Å². The first-order valence-corrected chi connectivity index (χ1v) is 32.1. The Morgan fingerprint density at radius 1 is 0.160 bits per heavy atom. The van der Waals surface area contributed by atoms with Crippen LogP contribution in [0.5, 0.6) is 0 Å². The van der Waals surface area contributed by atoms with Crippen LogP contribution in [-0.4, -0.2) is 28.2 Å². The van der Waals surface area contributed by atoms with Gasteiger partial charge in [0.15, 0.2) is 0 Å². The van der Waals surface area contributed by atoms with Gasteiger partial charge in [-0.05, 0) is 160 Å². The summed E-state index contributed by atoms with van der Waals surface area (Å²) < 4.78 is 9.46. The maximum Gasteiger partial charge on any atom is 0.235 e. The van der Waals surface area contributed by atoms with E-state index in [0.29, 0.717) is 5.95 Å². The lowest BCUT2D eigenvalue weighted by Gasteiger charge is -2.14. The van der Waals surface area contributed by atoms with Crippen LogP contribution < -0.4 is 0 Å². The van der Waals surface area contributed by atoms with E-state index >= 15 is 0 Å². The molecular formula is C88H56N6. The van der Waals surface area contributed by atoms with E-state index in [9.17, 15) is 0 Å². The van der Waals surface area contributed by atoms with Gasteiger partial charge in [-0.1, -0.05) is 224 Å². The largest absolute Gasteiger partial charge is 0.309 e. The first kappa shape index (κ1) is 53.2. The zero-order valence-corrected chi connectivity index (χ0v) is 51.0. The van der Waals surface area contributed by atoms with Crippen LogP contribution >= 0.6 is 0 Å². The van der Waals surface area contributed by atoms with Crippen LogP contribution in [0.25, 0.3) is 177 Å². The average molecular weight is 1200 g/mol. The molecule has 19 rings (SSSR count). The molecule has 0 bridgehead atoms. The number of fused-ring (bicyclic) bond motifs is 12. The summed E-state index contributed by atoms with van der Waals surface area (Å²) in [6.07, 6.45) is 0. The second-order valence-electron chi connectivity index (χ2n) is 24.5. The molecular weight excluding hydrogens is 1140 g/mol. The van der Waals surface area contributed by atoms with Gasteiger partial charge in [0.25, 0.3) is 0 Å². The summed E-state index contributed by atoms with van der Waals surface area (Å²) in [7, 11) is 0. The predicted octanol–water partition coefficient (Wildman–Crippen LogP) is 22.9. The molecule has 5 aromatic heterocycles. The Bertz CT molecular complexity index is 6220. The third kappa shape index (κ3) is 8.65. The molecule has 0 amide bonds. The van der Waals surface area contributed by atoms with E-state index in [-0.39, 0.29) is 0 Å². The van der Waals surface area contributed by atoms with Crippen molar-refractivity contribution in [3.63, 3.8) is 0 Å². The maximum absolute atomic E-state index is 5.71. The third-order valence-corrected chi connectivity index (χ3v) is 19.2. The van der Waals surface area contributed by atoms with Crippen molar-refractivity contribution in [1.29, 1.82) is 0 Å². The van der Waals surface area contributed by atoms with E-state index in [1.54, 1.807) is 0 Å². The Labute approximate surface area is 542 Å². The number of hydrogen-bond acceptors (Lipinski definition) is 2.